The summed E-state index contributed by atoms with van der Waals surface area (Å²) in [5.41, 5.74) is 0. The molecule has 19 heavy (non-hydrogen) atoms. The van der Waals surface area contributed by atoms with Gasteiger partial charge in [0.2, 0.25) is 21.9 Å². The van der Waals surface area contributed by atoms with Crippen molar-refractivity contribution in [3.63, 3.8) is 0 Å². The first-order chi connectivity index (χ1) is 9.07. The van der Waals surface area contributed by atoms with Gasteiger partial charge in [0.25, 0.3) is 0 Å². The molecular formula is C11H20N4O3S. The number of anilines is 1. The molecule has 0 saturated carbocycles. The van der Waals surface area contributed by atoms with Crippen LogP contribution in [0.2, 0.25) is 0 Å². The second kappa shape index (κ2) is 7.90. The molecule has 0 amide bonds. The van der Waals surface area contributed by atoms with Crippen molar-refractivity contribution >= 4 is 16.0 Å². The summed E-state index contributed by atoms with van der Waals surface area (Å²) in [7, 11) is -3.23. The summed E-state index contributed by atoms with van der Waals surface area (Å²) in [5, 5.41) is 2.85. The van der Waals surface area contributed by atoms with Crippen LogP contribution in [0.5, 0.6) is 5.88 Å². The number of hydrogen-bond acceptors (Lipinski definition) is 6. The van der Waals surface area contributed by atoms with E-state index in [0.29, 0.717) is 25.0 Å². The van der Waals surface area contributed by atoms with Gasteiger partial charge >= 0.3 is 0 Å². The molecule has 108 valence electrons. The molecule has 0 bridgehead atoms. The predicted molar refractivity (Wildman–Crippen MR) is 73.8 cm³/mol. The highest BCUT2D eigenvalue weighted by molar-refractivity contribution is 7.89. The van der Waals surface area contributed by atoms with E-state index in [4.69, 9.17) is 4.74 Å². The molecule has 0 aliphatic carbocycles. The van der Waals surface area contributed by atoms with Crippen molar-refractivity contribution in [3.8, 4) is 5.88 Å². The first kappa shape index (κ1) is 15.6. The van der Waals surface area contributed by atoms with E-state index >= 15 is 0 Å². The van der Waals surface area contributed by atoms with E-state index in [1.165, 1.54) is 0 Å². The second-order valence-electron chi connectivity index (χ2n) is 3.81. The molecule has 2 N–H and O–H groups in total. The Labute approximate surface area is 113 Å². The van der Waals surface area contributed by atoms with Crippen LogP contribution in [0.25, 0.3) is 0 Å². The fraction of sp³-hybridized carbons (Fsp3) is 0.636. The van der Waals surface area contributed by atoms with E-state index in [0.717, 1.165) is 6.42 Å². The molecule has 1 aromatic heterocycles. The van der Waals surface area contributed by atoms with Gasteiger partial charge in [0.1, 0.15) is 0 Å². The SMILES string of the molecule is CCCOc1ccnc(NCCS(=O)(=O)NCC)n1. The molecule has 8 heteroatoms. The van der Waals surface area contributed by atoms with Gasteiger partial charge in [0, 0.05) is 25.4 Å². The minimum Gasteiger partial charge on any atom is -0.478 e. The lowest BCUT2D eigenvalue weighted by Gasteiger charge is -2.08. The topological polar surface area (TPSA) is 93.2 Å². The molecule has 7 nitrogen and oxygen atoms in total. The Morgan fingerprint density at radius 3 is 2.84 bits per heavy atom. The molecule has 1 rings (SSSR count). The Morgan fingerprint density at radius 2 is 2.16 bits per heavy atom. The molecule has 0 spiro atoms. The van der Waals surface area contributed by atoms with E-state index in [1.807, 2.05) is 6.92 Å². The Kier molecular flexibility index (Phi) is 6.51. The highest BCUT2D eigenvalue weighted by Gasteiger charge is 2.08. The van der Waals surface area contributed by atoms with Crippen LogP contribution in [-0.4, -0.2) is 43.8 Å². The molecular weight excluding hydrogens is 268 g/mol. The maximum absolute atomic E-state index is 11.4. The van der Waals surface area contributed by atoms with E-state index in [9.17, 15) is 8.42 Å². The molecule has 0 atom stereocenters. The van der Waals surface area contributed by atoms with Crippen molar-refractivity contribution in [2.45, 2.75) is 20.3 Å². The summed E-state index contributed by atoms with van der Waals surface area (Å²) in [4.78, 5) is 8.11. The van der Waals surface area contributed by atoms with E-state index in [1.54, 1.807) is 19.2 Å². The van der Waals surface area contributed by atoms with Crippen molar-refractivity contribution < 1.29 is 13.2 Å². The van der Waals surface area contributed by atoms with Gasteiger partial charge in [0.15, 0.2) is 0 Å². The zero-order chi connectivity index (χ0) is 14.1. The quantitative estimate of drug-likeness (QED) is 0.692. The van der Waals surface area contributed by atoms with Gasteiger partial charge in [-0.1, -0.05) is 13.8 Å². The number of rotatable bonds is 9. The molecule has 0 fully saturated rings. The summed E-state index contributed by atoms with van der Waals surface area (Å²) in [6, 6.07) is 1.66. The average molecular weight is 288 g/mol. The lowest BCUT2D eigenvalue weighted by atomic mass is 10.5. The molecule has 0 aliphatic rings. The summed E-state index contributed by atoms with van der Waals surface area (Å²) >= 11 is 0. The number of aromatic nitrogens is 2. The van der Waals surface area contributed by atoms with Crippen molar-refractivity contribution in [3.05, 3.63) is 12.3 Å². The molecule has 0 aliphatic heterocycles. The van der Waals surface area contributed by atoms with E-state index in [2.05, 4.69) is 20.0 Å². The standard InChI is InChI=1S/C11H20N4O3S/c1-3-8-18-10-5-6-12-11(15-10)13-7-9-19(16,17)14-4-2/h5-6,14H,3-4,7-9H2,1-2H3,(H,12,13,15). The minimum atomic E-state index is -3.23. The Hall–Kier alpha value is -1.41. The van der Waals surface area contributed by atoms with Gasteiger partial charge in [0.05, 0.1) is 12.4 Å². The highest BCUT2D eigenvalue weighted by Crippen LogP contribution is 2.08. The maximum atomic E-state index is 11.4. The molecule has 0 radical (unpaired) electrons. The number of sulfonamides is 1. The van der Waals surface area contributed by atoms with Crippen molar-refractivity contribution in [1.29, 1.82) is 0 Å². The molecule has 0 aromatic carbocycles. The number of nitrogens with zero attached hydrogens (tertiary/aromatic N) is 2. The third-order valence-electron chi connectivity index (χ3n) is 2.10. The molecule has 1 heterocycles. The highest BCUT2D eigenvalue weighted by atomic mass is 32.2. The monoisotopic (exact) mass is 288 g/mol. The van der Waals surface area contributed by atoms with Gasteiger partial charge in [-0.2, -0.15) is 4.98 Å². The lowest BCUT2D eigenvalue weighted by Crippen LogP contribution is -2.29. The molecule has 0 unspecified atom stereocenters. The van der Waals surface area contributed by atoms with Crippen molar-refractivity contribution in [2.75, 3.05) is 30.8 Å². The molecule has 1 aromatic rings. The predicted octanol–water partition coefficient (Wildman–Crippen LogP) is 0.617. The zero-order valence-corrected chi connectivity index (χ0v) is 12.0. The summed E-state index contributed by atoms with van der Waals surface area (Å²) < 4.78 is 30.6. The first-order valence-corrected chi connectivity index (χ1v) is 7.89. The normalized spacial score (nSPS) is 11.3. The van der Waals surface area contributed by atoms with Crippen LogP contribution in [0.1, 0.15) is 20.3 Å². The fourth-order valence-corrected chi connectivity index (χ4v) is 2.26. The summed E-state index contributed by atoms with van der Waals surface area (Å²) in [6.07, 6.45) is 2.47. The Bertz CT molecular complexity index is 479. The fourth-order valence-electron chi connectivity index (χ4n) is 1.30. The van der Waals surface area contributed by atoms with E-state index in [-0.39, 0.29) is 12.3 Å². The zero-order valence-electron chi connectivity index (χ0n) is 11.2. The van der Waals surface area contributed by atoms with Crippen LogP contribution in [0.3, 0.4) is 0 Å². The van der Waals surface area contributed by atoms with Gasteiger partial charge in [-0.25, -0.2) is 18.1 Å². The Balaban J connectivity index is 2.45. The maximum Gasteiger partial charge on any atom is 0.225 e. The summed E-state index contributed by atoms with van der Waals surface area (Å²) in [5.74, 6) is 0.818. The largest absolute Gasteiger partial charge is 0.478 e. The summed E-state index contributed by atoms with van der Waals surface area (Å²) in [6.45, 7) is 4.96. The van der Waals surface area contributed by atoms with Gasteiger partial charge in [-0.05, 0) is 6.42 Å². The van der Waals surface area contributed by atoms with Crippen LogP contribution in [0.15, 0.2) is 12.3 Å². The van der Waals surface area contributed by atoms with Crippen LogP contribution in [0, 0.1) is 0 Å². The van der Waals surface area contributed by atoms with Crippen LogP contribution < -0.4 is 14.8 Å². The first-order valence-electron chi connectivity index (χ1n) is 6.24. The number of hydrogen-bond donors (Lipinski definition) is 2. The van der Waals surface area contributed by atoms with Gasteiger partial charge < -0.3 is 10.1 Å². The average Bonchev–Trinajstić information content (AvgIpc) is 2.36. The third-order valence-corrected chi connectivity index (χ3v) is 3.57. The molecule has 0 saturated heterocycles. The number of nitrogens with one attached hydrogen (secondary N) is 2. The third kappa shape index (κ3) is 6.35. The van der Waals surface area contributed by atoms with Crippen molar-refractivity contribution in [1.82, 2.24) is 14.7 Å². The Morgan fingerprint density at radius 1 is 1.37 bits per heavy atom. The number of ether oxygens (including phenoxy) is 1. The van der Waals surface area contributed by atoms with Crippen molar-refractivity contribution in [2.24, 2.45) is 0 Å². The minimum absolute atomic E-state index is 0.0236. The van der Waals surface area contributed by atoms with Crippen LogP contribution in [-0.2, 0) is 10.0 Å². The van der Waals surface area contributed by atoms with Gasteiger partial charge in [-0.3, -0.25) is 0 Å². The van der Waals surface area contributed by atoms with E-state index < -0.39 is 10.0 Å². The van der Waals surface area contributed by atoms with Crippen LogP contribution in [0.4, 0.5) is 5.95 Å². The second-order valence-corrected chi connectivity index (χ2v) is 5.74. The lowest BCUT2D eigenvalue weighted by molar-refractivity contribution is 0.305. The van der Waals surface area contributed by atoms with Crippen LogP contribution >= 0.6 is 0 Å². The van der Waals surface area contributed by atoms with Gasteiger partial charge in [-0.15, -0.1) is 0 Å². The smallest absolute Gasteiger partial charge is 0.225 e.